The summed E-state index contributed by atoms with van der Waals surface area (Å²) in [6.45, 7) is 2.91. The average Bonchev–Trinajstić information content (AvgIpc) is 2.42. The van der Waals surface area contributed by atoms with Crippen molar-refractivity contribution in [2.24, 2.45) is 0 Å². The lowest BCUT2D eigenvalue weighted by Crippen LogP contribution is -2.36. The molecule has 0 aromatic heterocycles. The van der Waals surface area contributed by atoms with E-state index in [1.807, 2.05) is 0 Å². The molecule has 1 aliphatic rings. The largest absolute Gasteiger partial charge is 0.505 e. The molecule has 1 aromatic carbocycles. The van der Waals surface area contributed by atoms with Gasteiger partial charge in [-0.25, -0.2) is 14.1 Å². The second kappa shape index (κ2) is 3.44. The number of hydrogen-bond acceptors (Lipinski definition) is 4. The lowest BCUT2D eigenvalue weighted by Gasteiger charge is -2.13. The Hall–Kier alpha value is -2.11. The smallest absolute Gasteiger partial charge is 0.422 e. The number of rotatable bonds is 1. The van der Waals surface area contributed by atoms with Crippen LogP contribution in [-0.2, 0) is 9.53 Å². The van der Waals surface area contributed by atoms with Gasteiger partial charge in [0.25, 0.3) is 5.91 Å². The molecule has 17 heavy (non-hydrogen) atoms. The Labute approximate surface area is 96.4 Å². The average molecular weight is 239 g/mol. The quantitative estimate of drug-likeness (QED) is 0.811. The first kappa shape index (κ1) is 11.4. The number of ether oxygens (including phenoxy) is 1. The minimum atomic E-state index is -1.25. The van der Waals surface area contributed by atoms with Gasteiger partial charge in [0.05, 0.1) is 5.69 Å². The summed E-state index contributed by atoms with van der Waals surface area (Å²) in [6.07, 6.45) is -0.842. The van der Waals surface area contributed by atoms with Crippen LogP contribution in [-0.4, -0.2) is 22.7 Å². The number of nitrogens with zero attached hydrogens (tertiary/aromatic N) is 1. The number of phenolic OH excluding ortho intramolecular Hbond substituents is 1. The summed E-state index contributed by atoms with van der Waals surface area (Å²) < 4.78 is 17.7. The molecule has 1 aliphatic heterocycles. The second-order valence-corrected chi connectivity index (χ2v) is 4.15. The van der Waals surface area contributed by atoms with Crippen LogP contribution in [0.3, 0.4) is 0 Å². The van der Waals surface area contributed by atoms with Crippen LogP contribution in [0, 0.1) is 5.82 Å². The van der Waals surface area contributed by atoms with Crippen molar-refractivity contribution in [3.8, 4) is 5.75 Å². The topological polar surface area (TPSA) is 66.8 Å². The van der Waals surface area contributed by atoms with Crippen molar-refractivity contribution < 1.29 is 23.8 Å². The molecule has 6 heteroatoms. The highest BCUT2D eigenvalue weighted by atomic mass is 19.1. The zero-order valence-electron chi connectivity index (χ0n) is 9.23. The minimum absolute atomic E-state index is 0.0736. The van der Waals surface area contributed by atoms with E-state index in [2.05, 4.69) is 0 Å². The van der Waals surface area contributed by atoms with Gasteiger partial charge in [-0.3, -0.25) is 4.79 Å². The van der Waals surface area contributed by atoms with Crippen LogP contribution < -0.4 is 4.90 Å². The van der Waals surface area contributed by atoms with Crippen LogP contribution in [0.2, 0.25) is 0 Å². The molecule has 0 aliphatic carbocycles. The molecule has 0 spiro atoms. The summed E-state index contributed by atoms with van der Waals surface area (Å²) in [5.74, 6) is -2.02. The Bertz CT molecular complexity index is 512. The molecule has 0 atom stereocenters. The molecule has 2 rings (SSSR count). The van der Waals surface area contributed by atoms with Crippen LogP contribution >= 0.6 is 0 Å². The maximum atomic E-state index is 12.9. The lowest BCUT2D eigenvalue weighted by atomic mass is 10.1. The molecule has 5 nitrogen and oxygen atoms in total. The highest BCUT2D eigenvalue weighted by Crippen LogP contribution is 2.31. The third-order valence-corrected chi connectivity index (χ3v) is 2.43. The van der Waals surface area contributed by atoms with Gasteiger partial charge in [0, 0.05) is 6.07 Å². The Morgan fingerprint density at radius 3 is 2.47 bits per heavy atom. The molecular weight excluding hydrogens is 229 g/mol. The molecule has 2 amide bonds. The van der Waals surface area contributed by atoms with Crippen molar-refractivity contribution in [2.75, 3.05) is 4.90 Å². The normalized spacial score (nSPS) is 18.4. The summed E-state index contributed by atoms with van der Waals surface area (Å²) in [5.41, 5.74) is -1.18. The van der Waals surface area contributed by atoms with E-state index in [0.29, 0.717) is 0 Å². The number of benzene rings is 1. The van der Waals surface area contributed by atoms with E-state index < -0.39 is 29.2 Å². The predicted molar refractivity (Wildman–Crippen MR) is 56.1 cm³/mol. The monoisotopic (exact) mass is 239 g/mol. The standard InChI is InChI=1S/C11H10FNO4/c1-11(2)9(15)13(10(16)17-11)6-3-4-7(12)8(14)5-6/h3-5,14H,1-2H3. The summed E-state index contributed by atoms with van der Waals surface area (Å²) in [5, 5.41) is 9.20. The molecule has 1 saturated heterocycles. The van der Waals surface area contributed by atoms with Gasteiger partial charge in [0.2, 0.25) is 0 Å². The third kappa shape index (κ3) is 1.71. The number of amides is 2. The predicted octanol–water partition coefficient (Wildman–Crippen LogP) is 1.79. The van der Waals surface area contributed by atoms with Gasteiger partial charge < -0.3 is 9.84 Å². The van der Waals surface area contributed by atoms with E-state index in [1.54, 1.807) is 0 Å². The first-order valence-electron chi connectivity index (χ1n) is 4.89. The van der Waals surface area contributed by atoms with Gasteiger partial charge in [-0.05, 0) is 26.0 Å². The summed E-state index contributed by atoms with van der Waals surface area (Å²) in [6, 6.07) is 3.18. The molecular formula is C11H10FNO4. The molecule has 1 N–H and O–H groups in total. The Morgan fingerprint density at radius 2 is 2.00 bits per heavy atom. The van der Waals surface area contributed by atoms with Crippen molar-refractivity contribution in [1.29, 1.82) is 0 Å². The first-order chi connectivity index (χ1) is 7.83. The number of hydrogen-bond donors (Lipinski definition) is 1. The van der Waals surface area contributed by atoms with Gasteiger partial charge in [-0.2, -0.15) is 0 Å². The molecule has 0 radical (unpaired) electrons. The first-order valence-corrected chi connectivity index (χ1v) is 4.89. The SMILES string of the molecule is CC1(C)OC(=O)N(c2ccc(F)c(O)c2)C1=O. The Balaban J connectivity index is 2.44. The number of cyclic esters (lactones) is 1. The summed E-state index contributed by atoms with van der Waals surface area (Å²) in [7, 11) is 0. The fourth-order valence-electron chi connectivity index (χ4n) is 1.52. The van der Waals surface area contributed by atoms with E-state index in [9.17, 15) is 19.1 Å². The van der Waals surface area contributed by atoms with E-state index >= 15 is 0 Å². The van der Waals surface area contributed by atoms with E-state index in [0.717, 1.165) is 17.0 Å². The highest BCUT2D eigenvalue weighted by molar-refractivity contribution is 6.19. The minimum Gasteiger partial charge on any atom is -0.505 e. The van der Waals surface area contributed by atoms with Crippen LogP contribution in [0.5, 0.6) is 5.75 Å². The fraction of sp³-hybridized carbons (Fsp3) is 0.273. The number of phenols is 1. The Kier molecular flexibility index (Phi) is 2.30. The van der Waals surface area contributed by atoms with Crippen molar-refractivity contribution in [3.63, 3.8) is 0 Å². The molecule has 0 saturated carbocycles. The number of anilines is 1. The lowest BCUT2D eigenvalue weighted by molar-refractivity contribution is -0.127. The number of carbonyl (C=O) groups is 2. The molecule has 0 unspecified atom stereocenters. The van der Waals surface area contributed by atoms with E-state index in [-0.39, 0.29) is 5.69 Å². The molecule has 90 valence electrons. The number of imide groups is 1. The summed E-state index contributed by atoms with van der Waals surface area (Å²) >= 11 is 0. The van der Waals surface area contributed by atoms with Crippen molar-refractivity contribution in [1.82, 2.24) is 0 Å². The maximum Gasteiger partial charge on any atom is 0.422 e. The zero-order chi connectivity index (χ0) is 12.8. The molecule has 0 bridgehead atoms. The number of halogens is 1. The van der Waals surface area contributed by atoms with Crippen LogP contribution in [0.25, 0.3) is 0 Å². The van der Waals surface area contributed by atoms with Crippen LogP contribution in [0.15, 0.2) is 18.2 Å². The molecule has 1 heterocycles. The molecule has 1 aromatic rings. The van der Waals surface area contributed by atoms with Gasteiger partial charge in [0.15, 0.2) is 17.2 Å². The highest BCUT2D eigenvalue weighted by Gasteiger charge is 2.47. The zero-order valence-corrected chi connectivity index (χ0v) is 9.23. The van der Waals surface area contributed by atoms with Gasteiger partial charge >= 0.3 is 6.09 Å². The van der Waals surface area contributed by atoms with Crippen LogP contribution in [0.1, 0.15) is 13.8 Å². The van der Waals surface area contributed by atoms with Crippen molar-refractivity contribution in [3.05, 3.63) is 24.0 Å². The maximum absolute atomic E-state index is 12.9. The summed E-state index contributed by atoms with van der Waals surface area (Å²) in [4.78, 5) is 24.1. The van der Waals surface area contributed by atoms with Crippen LogP contribution in [0.4, 0.5) is 14.9 Å². The van der Waals surface area contributed by atoms with E-state index in [4.69, 9.17) is 4.74 Å². The fourth-order valence-corrected chi connectivity index (χ4v) is 1.52. The Morgan fingerprint density at radius 1 is 1.35 bits per heavy atom. The van der Waals surface area contributed by atoms with Gasteiger partial charge in [0.1, 0.15) is 0 Å². The van der Waals surface area contributed by atoms with Gasteiger partial charge in [-0.1, -0.05) is 0 Å². The third-order valence-electron chi connectivity index (χ3n) is 2.43. The van der Waals surface area contributed by atoms with Crippen molar-refractivity contribution >= 4 is 17.7 Å². The molecule has 1 fully saturated rings. The van der Waals surface area contributed by atoms with Crippen molar-refractivity contribution in [2.45, 2.75) is 19.4 Å². The number of carbonyl (C=O) groups excluding carboxylic acids is 2. The van der Waals surface area contributed by atoms with E-state index in [1.165, 1.54) is 19.9 Å². The number of aromatic hydroxyl groups is 1. The van der Waals surface area contributed by atoms with Gasteiger partial charge in [-0.15, -0.1) is 0 Å². The second-order valence-electron chi connectivity index (χ2n) is 4.15.